The molecular formula is C11H14Cl2O3S. The van der Waals surface area contributed by atoms with Gasteiger partial charge >= 0.3 is 0 Å². The van der Waals surface area contributed by atoms with Gasteiger partial charge in [-0.3, -0.25) is 0 Å². The van der Waals surface area contributed by atoms with E-state index in [1.165, 1.54) is 6.26 Å². The van der Waals surface area contributed by atoms with Gasteiger partial charge in [-0.1, -0.05) is 17.7 Å². The van der Waals surface area contributed by atoms with Crippen LogP contribution >= 0.6 is 23.2 Å². The lowest BCUT2D eigenvalue weighted by atomic mass is 10.2. The maximum atomic E-state index is 10.9. The van der Waals surface area contributed by atoms with E-state index in [1.807, 2.05) is 6.07 Å². The summed E-state index contributed by atoms with van der Waals surface area (Å²) in [5.74, 6) is 1.06. The Bertz CT molecular complexity index is 472. The number of ether oxygens (including phenoxy) is 1. The Morgan fingerprint density at radius 1 is 1.35 bits per heavy atom. The summed E-state index contributed by atoms with van der Waals surface area (Å²) >= 11 is 11.6. The number of halogens is 2. The molecular weight excluding hydrogens is 283 g/mol. The van der Waals surface area contributed by atoms with Crippen LogP contribution in [-0.2, 0) is 15.7 Å². The molecule has 3 nitrogen and oxygen atoms in total. The molecule has 0 radical (unpaired) electrons. The van der Waals surface area contributed by atoms with E-state index in [4.69, 9.17) is 27.9 Å². The van der Waals surface area contributed by atoms with E-state index in [0.717, 1.165) is 5.56 Å². The Morgan fingerprint density at radius 2 is 2.06 bits per heavy atom. The van der Waals surface area contributed by atoms with Crippen molar-refractivity contribution in [3.63, 3.8) is 0 Å². The van der Waals surface area contributed by atoms with Gasteiger partial charge in [-0.15, -0.1) is 11.6 Å². The molecule has 0 aliphatic rings. The van der Waals surface area contributed by atoms with Gasteiger partial charge < -0.3 is 4.74 Å². The van der Waals surface area contributed by atoms with E-state index in [0.29, 0.717) is 29.7 Å². The Labute approximate surface area is 112 Å². The molecule has 0 saturated heterocycles. The van der Waals surface area contributed by atoms with E-state index in [9.17, 15) is 8.42 Å². The van der Waals surface area contributed by atoms with E-state index in [1.54, 1.807) is 12.1 Å². The molecule has 0 bridgehead atoms. The summed E-state index contributed by atoms with van der Waals surface area (Å²) in [6.45, 7) is 0.326. The second kappa shape index (κ2) is 6.47. The summed E-state index contributed by atoms with van der Waals surface area (Å²) in [5.41, 5.74) is 0.917. The lowest BCUT2D eigenvalue weighted by molar-refractivity contribution is 0.318. The molecule has 96 valence electrons. The minimum atomic E-state index is -2.93. The normalized spacial score (nSPS) is 11.5. The van der Waals surface area contributed by atoms with Gasteiger partial charge in [0.15, 0.2) is 0 Å². The van der Waals surface area contributed by atoms with Crippen molar-refractivity contribution in [3.8, 4) is 5.75 Å². The first-order chi connectivity index (χ1) is 7.92. The van der Waals surface area contributed by atoms with Gasteiger partial charge in [-0.2, -0.15) is 0 Å². The first-order valence-electron chi connectivity index (χ1n) is 5.07. The van der Waals surface area contributed by atoms with E-state index in [-0.39, 0.29) is 5.75 Å². The molecule has 1 aromatic carbocycles. The molecule has 0 aromatic heterocycles. The Hall–Kier alpha value is -0.450. The molecule has 0 spiro atoms. The predicted molar refractivity (Wildman–Crippen MR) is 70.8 cm³/mol. The van der Waals surface area contributed by atoms with Crippen LogP contribution in [0.15, 0.2) is 18.2 Å². The van der Waals surface area contributed by atoms with Gasteiger partial charge in [-0.25, -0.2) is 8.42 Å². The Kier molecular flexibility index (Phi) is 5.56. The fourth-order valence-corrected chi connectivity index (χ4v) is 2.31. The van der Waals surface area contributed by atoms with Crippen LogP contribution in [0.5, 0.6) is 5.75 Å². The Morgan fingerprint density at radius 3 is 2.59 bits per heavy atom. The summed E-state index contributed by atoms with van der Waals surface area (Å²) in [5, 5.41) is 0.488. The maximum Gasteiger partial charge on any atom is 0.147 e. The first kappa shape index (κ1) is 14.6. The predicted octanol–water partition coefficient (Wildman–Crippen LogP) is 2.89. The molecule has 0 saturated carbocycles. The molecule has 0 amide bonds. The highest BCUT2D eigenvalue weighted by molar-refractivity contribution is 7.90. The van der Waals surface area contributed by atoms with Crippen molar-refractivity contribution in [3.05, 3.63) is 28.8 Å². The SMILES string of the molecule is CS(=O)(=O)CCCOc1ccc(CCl)cc1Cl. The average Bonchev–Trinajstić information content (AvgIpc) is 2.24. The van der Waals surface area contributed by atoms with Gasteiger partial charge in [0.25, 0.3) is 0 Å². The van der Waals surface area contributed by atoms with Crippen LogP contribution in [0.25, 0.3) is 0 Å². The Balaban J connectivity index is 2.47. The molecule has 1 rings (SSSR count). The molecule has 0 aliphatic carbocycles. The van der Waals surface area contributed by atoms with Crippen molar-refractivity contribution in [2.75, 3.05) is 18.6 Å². The van der Waals surface area contributed by atoms with Crippen molar-refractivity contribution >= 4 is 33.0 Å². The number of hydrogen-bond acceptors (Lipinski definition) is 3. The van der Waals surface area contributed by atoms with Crippen molar-refractivity contribution in [1.82, 2.24) is 0 Å². The van der Waals surface area contributed by atoms with Crippen molar-refractivity contribution in [1.29, 1.82) is 0 Å². The van der Waals surface area contributed by atoms with Gasteiger partial charge in [-0.05, 0) is 24.1 Å². The van der Waals surface area contributed by atoms with Gasteiger partial charge in [0.05, 0.1) is 17.4 Å². The third kappa shape index (κ3) is 5.61. The van der Waals surface area contributed by atoms with Crippen LogP contribution < -0.4 is 4.74 Å². The standard InChI is InChI=1S/C11H14Cl2O3S/c1-17(14,15)6-2-5-16-11-4-3-9(8-12)7-10(11)13/h3-4,7H,2,5-6,8H2,1H3. The van der Waals surface area contributed by atoms with Crippen LogP contribution in [0.1, 0.15) is 12.0 Å². The third-order valence-electron chi connectivity index (χ3n) is 2.07. The number of sulfone groups is 1. The third-order valence-corrected chi connectivity index (χ3v) is 3.70. The lowest BCUT2D eigenvalue weighted by Crippen LogP contribution is -2.08. The molecule has 17 heavy (non-hydrogen) atoms. The minimum absolute atomic E-state index is 0.115. The zero-order chi connectivity index (χ0) is 12.9. The number of hydrogen-bond donors (Lipinski definition) is 0. The fraction of sp³-hybridized carbons (Fsp3) is 0.455. The summed E-state index contributed by atoms with van der Waals surface area (Å²) in [6.07, 6.45) is 1.65. The molecule has 0 aliphatic heterocycles. The quantitative estimate of drug-likeness (QED) is 0.599. The monoisotopic (exact) mass is 296 g/mol. The van der Waals surface area contributed by atoms with Crippen molar-refractivity contribution in [2.45, 2.75) is 12.3 Å². The van der Waals surface area contributed by atoms with Gasteiger partial charge in [0.2, 0.25) is 0 Å². The molecule has 0 N–H and O–H groups in total. The van der Waals surface area contributed by atoms with Gasteiger partial charge in [0, 0.05) is 12.1 Å². The van der Waals surface area contributed by atoms with Crippen molar-refractivity contribution in [2.24, 2.45) is 0 Å². The maximum absolute atomic E-state index is 10.9. The molecule has 0 atom stereocenters. The smallest absolute Gasteiger partial charge is 0.147 e. The van der Waals surface area contributed by atoms with Crippen molar-refractivity contribution < 1.29 is 13.2 Å². The highest BCUT2D eigenvalue weighted by atomic mass is 35.5. The lowest BCUT2D eigenvalue weighted by Gasteiger charge is -2.08. The topological polar surface area (TPSA) is 43.4 Å². The highest BCUT2D eigenvalue weighted by Gasteiger charge is 2.05. The second-order valence-corrected chi connectivity index (χ2v) is 6.66. The number of alkyl halides is 1. The zero-order valence-corrected chi connectivity index (χ0v) is 11.8. The van der Waals surface area contributed by atoms with E-state index in [2.05, 4.69) is 0 Å². The molecule has 0 fully saturated rings. The molecule has 0 heterocycles. The second-order valence-electron chi connectivity index (χ2n) is 3.73. The van der Waals surface area contributed by atoms with E-state index < -0.39 is 9.84 Å². The van der Waals surface area contributed by atoms with Crippen LogP contribution in [-0.4, -0.2) is 27.0 Å². The summed E-state index contributed by atoms with van der Waals surface area (Å²) in [6, 6.07) is 5.30. The zero-order valence-electron chi connectivity index (χ0n) is 9.45. The first-order valence-corrected chi connectivity index (χ1v) is 8.04. The van der Waals surface area contributed by atoms with Gasteiger partial charge in [0.1, 0.15) is 15.6 Å². The van der Waals surface area contributed by atoms with E-state index >= 15 is 0 Å². The molecule has 1 aromatic rings. The molecule has 6 heteroatoms. The minimum Gasteiger partial charge on any atom is -0.492 e. The van der Waals surface area contributed by atoms with Crippen LogP contribution in [0.4, 0.5) is 0 Å². The molecule has 0 unspecified atom stereocenters. The summed E-state index contributed by atoms with van der Waals surface area (Å²) in [7, 11) is -2.93. The van der Waals surface area contributed by atoms with Crippen LogP contribution in [0.2, 0.25) is 5.02 Å². The average molecular weight is 297 g/mol. The number of rotatable bonds is 6. The highest BCUT2D eigenvalue weighted by Crippen LogP contribution is 2.26. The van der Waals surface area contributed by atoms with Crippen LogP contribution in [0.3, 0.4) is 0 Å². The number of benzene rings is 1. The summed E-state index contributed by atoms with van der Waals surface area (Å²) < 4.78 is 27.2. The largest absolute Gasteiger partial charge is 0.492 e. The fourth-order valence-electron chi connectivity index (χ4n) is 1.25. The summed E-state index contributed by atoms with van der Waals surface area (Å²) in [4.78, 5) is 0. The van der Waals surface area contributed by atoms with Crippen LogP contribution in [0, 0.1) is 0 Å².